The van der Waals surface area contributed by atoms with E-state index in [1.165, 1.54) is 10.5 Å². The van der Waals surface area contributed by atoms with Crippen LogP contribution >= 0.6 is 0 Å². The van der Waals surface area contributed by atoms with E-state index in [0.717, 1.165) is 35.3 Å². The first-order valence-electron chi connectivity index (χ1n) is 11.0. The highest BCUT2D eigenvalue weighted by Crippen LogP contribution is 2.45. The molecule has 1 aliphatic heterocycles. The van der Waals surface area contributed by atoms with Gasteiger partial charge < -0.3 is 20.1 Å². The highest BCUT2D eigenvalue weighted by atomic mass is 16.4. The Bertz CT molecular complexity index is 957. The number of nitrogens with one attached hydrogen (secondary N) is 1. The molecule has 0 saturated carbocycles. The maximum absolute atomic E-state index is 12.7. The summed E-state index contributed by atoms with van der Waals surface area (Å²) in [6.45, 7) is 6.71. The largest absolute Gasteiger partial charge is 0.530 e. The number of benzene rings is 2. The summed E-state index contributed by atoms with van der Waals surface area (Å²) < 4.78 is 0.166. The normalized spacial score (nSPS) is 22.6. The van der Waals surface area contributed by atoms with Gasteiger partial charge in [0, 0.05) is 24.6 Å². The Labute approximate surface area is 185 Å². The third-order valence-corrected chi connectivity index (χ3v) is 6.89. The fourth-order valence-corrected chi connectivity index (χ4v) is 4.71. The summed E-state index contributed by atoms with van der Waals surface area (Å²) in [6, 6.07) is 14.2. The van der Waals surface area contributed by atoms with E-state index < -0.39 is 6.09 Å². The fraction of sp³-hybridized carbons (Fsp3) is 0.440. The second-order valence-corrected chi connectivity index (χ2v) is 8.57. The molecule has 2 amide bonds. The Morgan fingerprint density at radius 2 is 1.81 bits per heavy atom. The fourth-order valence-electron chi connectivity index (χ4n) is 4.71. The van der Waals surface area contributed by atoms with Crippen LogP contribution in [0.15, 0.2) is 42.5 Å². The summed E-state index contributed by atoms with van der Waals surface area (Å²) in [5, 5.41) is 15.0. The van der Waals surface area contributed by atoms with Crippen molar-refractivity contribution in [3.63, 3.8) is 0 Å². The number of rotatable bonds is 6. The van der Waals surface area contributed by atoms with Gasteiger partial charge >= 0.3 is 5.91 Å². The molecule has 0 fully saturated rings. The number of nitrogens with zero attached hydrogens (tertiary/aromatic N) is 2. The lowest BCUT2D eigenvalue weighted by molar-refractivity contribution is -0.268. The second kappa shape index (κ2) is 9.20. The van der Waals surface area contributed by atoms with E-state index in [1.807, 2.05) is 40.1 Å². The molecule has 6 heteroatoms. The third-order valence-electron chi connectivity index (χ3n) is 6.89. The van der Waals surface area contributed by atoms with E-state index in [2.05, 4.69) is 35.6 Å². The Balaban J connectivity index is 2.10. The molecule has 0 aromatic heterocycles. The highest BCUT2D eigenvalue weighted by Gasteiger charge is 2.47. The number of carboxylic acid groups (broad SMARTS) is 1. The number of hydrogen-bond donors (Lipinski definition) is 1. The molecule has 31 heavy (non-hydrogen) atoms. The van der Waals surface area contributed by atoms with E-state index in [9.17, 15) is 14.7 Å². The van der Waals surface area contributed by atoms with Gasteiger partial charge in [0.1, 0.15) is 11.8 Å². The molecule has 1 N–H and O–H groups in total. The summed E-state index contributed by atoms with van der Waals surface area (Å²) in [4.78, 5) is 25.9. The summed E-state index contributed by atoms with van der Waals surface area (Å²) in [5.74, 6) is 0.0466. The van der Waals surface area contributed by atoms with E-state index in [1.54, 1.807) is 6.92 Å². The van der Waals surface area contributed by atoms with Crippen molar-refractivity contribution in [3.05, 3.63) is 53.6 Å². The first-order valence-corrected chi connectivity index (χ1v) is 11.0. The minimum Gasteiger partial charge on any atom is -0.530 e. The zero-order valence-electron chi connectivity index (χ0n) is 19.1. The van der Waals surface area contributed by atoms with Crippen molar-refractivity contribution in [2.45, 2.75) is 45.7 Å². The van der Waals surface area contributed by atoms with Crippen molar-refractivity contribution < 1.29 is 14.7 Å². The van der Waals surface area contributed by atoms with Crippen LogP contribution in [0.1, 0.15) is 44.4 Å². The maximum atomic E-state index is 12.7. The average molecular weight is 424 g/mol. The molecule has 0 saturated heterocycles. The minimum absolute atomic E-state index is 0.0410. The van der Waals surface area contributed by atoms with Crippen LogP contribution in [0.2, 0.25) is 0 Å². The Hall–Kier alpha value is -2.70. The zero-order valence-corrected chi connectivity index (χ0v) is 19.1. The number of amides is 2. The maximum Gasteiger partial charge on any atom is 0.315 e. The van der Waals surface area contributed by atoms with Gasteiger partial charge in [0.25, 0.3) is 0 Å². The molecule has 2 aromatic rings. The number of fused-ring (bicyclic) bond motifs is 1. The quantitative estimate of drug-likeness (QED) is 0.725. The number of likely N-dealkylation sites (N-methyl/N-ethyl adjacent to an activating group) is 1. The van der Waals surface area contributed by atoms with Crippen LogP contribution in [0.5, 0.6) is 0 Å². The summed E-state index contributed by atoms with van der Waals surface area (Å²) in [6.07, 6.45) is 0.355. The molecule has 1 heterocycles. The molecule has 0 radical (unpaired) electrons. The van der Waals surface area contributed by atoms with Crippen LogP contribution in [0.3, 0.4) is 0 Å². The second-order valence-electron chi connectivity index (χ2n) is 8.57. The zero-order chi connectivity index (χ0) is 22.8. The number of carbonyl (C=O) groups is 2. The molecule has 1 aliphatic rings. The van der Waals surface area contributed by atoms with Crippen LogP contribution in [0.4, 0.5) is 10.5 Å². The van der Waals surface area contributed by atoms with Gasteiger partial charge in [-0.2, -0.15) is 0 Å². The lowest BCUT2D eigenvalue weighted by Gasteiger charge is -2.47. The van der Waals surface area contributed by atoms with Crippen molar-refractivity contribution in [2.24, 2.45) is 0 Å². The van der Waals surface area contributed by atoms with Crippen molar-refractivity contribution >= 4 is 17.7 Å². The van der Waals surface area contributed by atoms with Crippen LogP contribution in [-0.2, 0) is 11.2 Å². The van der Waals surface area contributed by atoms with E-state index in [4.69, 9.17) is 0 Å². The van der Waals surface area contributed by atoms with Gasteiger partial charge in [-0.25, -0.2) is 9.28 Å². The summed E-state index contributed by atoms with van der Waals surface area (Å²) >= 11 is 0. The van der Waals surface area contributed by atoms with E-state index >= 15 is 0 Å². The topological polar surface area (TPSA) is 72.5 Å². The molecular formula is C25H33N3O3. The standard InChI is InChI=1S/C25H33N3O3/c1-6-27(25(30)31)23-15-17(2)28(5,18(3)29)24-12-11-21(16-22(23)24)20-9-7-19(8-10-20)13-14-26-4/h7-12,16-17,23,26H,6,13-15H2,1-5H3/t17-,23+,28?/m0/s1. The Morgan fingerprint density at radius 3 is 2.35 bits per heavy atom. The highest BCUT2D eigenvalue weighted by molar-refractivity contribution is 5.89. The lowest BCUT2D eigenvalue weighted by atomic mass is 9.86. The SMILES string of the molecule is CCN(C(=O)[O-])[C@@H]1C[C@H](C)[N+](C)(C(C)=O)c2ccc(-c3ccc(CCNC)cc3)cc21. The predicted octanol–water partition coefficient (Wildman–Crippen LogP) is 3.10. The molecule has 2 aromatic carbocycles. The van der Waals surface area contributed by atoms with Gasteiger partial charge in [0.05, 0.1) is 26.1 Å². The van der Waals surface area contributed by atoms with Crippen molar-refractivity contribution in [3.8, 4) is 11.1 Å². The average Bonchev–Trinajstić information content (AvgIpc) is 2.75. The molecule has 6 nitrogen and oxygen atoms in total. The molecule has 166 valence electrons. The molecule has 0 spiro atoms. The molecular weight excluding hydrogens is 390 g/mol. The molecule has 3 rings (SSSR count). The predicted molar refractivity (Wildman–Crippen MR) is 123 cm³/mol. The molecule has 0 aliphatic carbocycles. The van der Waals surface area contributed by atoms with Crippen LogP contribution in [0, 0.1) is 0 Å². The van der Waals surface area contributed by atoms with Gasteiger partial charge in [-0.1, -0.05) is 24.3 Å². The number of hydrogen-bond acceptors (Lipinski definition) is 4. The van der Waals surface area contributed by atoms with E-state index in [-0.39, 0.29) is 22.5 Å². The summed E-state index contributed by atoms with van der Waals surface area (Å²) in [7, 11) is 3.87. The molecule has 0 bridgehead atoms. The van der Waals surface area contributed by atoms with Gasteiger partial charge in [0.2, 0.25) is 0 Å². The van der Waals surface area contributed by atoms with Crippen molar-refractivity contribution in [2.75, 3.05) is 27.2 Å². The Morgan fingerprint density at radius 1 is 1.16 bits per heavy atom. The first kappa shape index (κ1) is 23.0. The monoisotopic (exact) mass is 423 g/mol. The van der Waals surface area contributed by atoms with E-state index in [0.29, 0.717) is 13.0 Å². The van der Waals surface area contributed by atoms with Gasteiger partial charge in [-0.05, 0) is 62.7 Å². The van der Waals surface area contributed by atoms with Crippen LogP contribution in [-0.4, -0.2) is 50.1 Å². The van der Waals surface area contributed by atoms with Gasteiger partial charge in [-0.15, -0.1) is 0 Å². The Kier molecular flexibility index (Phi) is 6.82. The lowest BCUT2D eigenvalue weighted by Crippen LogP contribution is -2.60. The van der Waals surface area contributed by atoms with Gasteiger partial charge in [-0.3, -0.25) is 0 Å². The van der Waals surface area contributed by atoms with Crippen LogP contribution < -0.4 is 14.9 Å². The van der Waals surface area contributed by atoms with Gasteiger partial charge in [0.15, 0.2) is 0 Å². The van der Waals surface area contributed by atoms with Crippen LogP contribution in [0.25, 0.3) is 11.1 Å². The number of carbonyl (C=O) groups excluding carboxylic acids is 2. The smallest absolute Gasteiger partial charge is 0.315 e. The first-order chi connectivity index (χ1) is 14.7. The molecule has 3 atom stereocenters. The van der Waals surface area contributed by atoms with Crippen molar-refractivity contribution in [1.82, 2.24) is 14.7 Å². The van der Waals surface area contributed by atoms with Crippen molar-refractivity contribution in [1.29, 1.82) is 0 Å². The summed E-state index contributed by atoms with van der Waals surface area (Å²) in [5.41, 5.74) is 5.10. The third kappa shape index (κ3) is 4.23. The number of quaternary nitrogens is 1. The minimum atomic E-state index is -1.18. The molecule has 1 unspecified atom stereocenters.